The molecular formula is C5H10N2O2. The summed E-state index contributed by atoms with van der Waals surface area (Å²) in [4.78, 5) is 9.92. The third-order valence-corrected chi connectivity index (χ3v) is 0.891. The van der Waals surface area contributed by atoms with Crippen LogP contribution in [0.15, 0.2) is 0 Å². The normalized spacial score (nSPS) is 12.7. The van der Waals surface area contributed by atoms with Crippen molar-refractivity contribution in [2.75, 3.05) is 0 Å². The summed E-state index contributed by atoms with van der Waals surface area (Å²) in [5.74, 6) is -1.00. The van der Waals surface area contributed by atoms with Gasteiger partial charge >= 0.3 is 5.97 Å². The standard InChI is InChI=1S/C5H10N2O2/c1-3(6)4(7)2-5(8)9/h3,7H,2,6H2,1H3,(H,8,9). The van der Waals surface area contributed by atoms with E-state index < -0.39 is 12.0 Å². The second-order valence-corrected chi connectivity index (χ2v) is 1.88. The van der Waals surface area contributed by atoms with Gasteiger partial charge in [-0.05, 0) is 6.92 Å². The molecule has 0 heterocycles. The van der Waals surface area contributed by atoms with Crippen LogP contribution in [-0.2, 0) is 4.79 Å². The first kappa shape index (κ1) is 8.10. The first-order valence-corrected chi connectivity index (χ1v) is 2.58. The Balaban J connectivity index is 3.64. The van der Waals surface area contributed by atoms with Crippen molar-refractivity contribution in [3.05, 3.63) is 0 Å². The summed E-state index contributed by atoms with van der Waals surface area (Å²) in [6.45, 7) is 1.59. The van der Waals surface area contributed by atoms with Crippen LogP contribution in [-0.4, -0.2) is 22.8 Å². The maximum absolute atomic E-state index is 9.92. The summed E-state index contributed by atoms with van der Waals surface area (Å²) in [5.41, 5.74) is 5.25. The maximum atomic E-state index is 9.92. The van der Waals surface area contributed by atoms with Crippen molar-refractivity contribution in [2.45, 2.75) is 19.4 Å². The number of aliphatic carboxylic acids is 1. The van der Waals surface area contributed by atoms with Gasteiger partial charge in [0.2, 0.25) is 0 Å². The minimum absolute atomic E-state index is 0.0579. The molecular weight excluding hydrogens is 120 g/mol. The Morgan fingerprint density at radius 2 is 2.33 bits per heavy atom. The summed E-state index contributed by atoms with van der Waals surface area (Å²) in [6, 6.07) is -0.443. The predicted molar refractivity (Wildman–Crippen MR) is 33.6 cm³/mol. The van der Waals surface area contributed by atoms with E-state index in [0.717, 1.165) is 0 Å². The molecule has 52 valence electrons. The zero-order chi connectivity index (χ0) is 7.44. The van der Waals surface area contributed by atoms with Crippen molar-refractivity contribution in [3.63, 3.8) is 0 Å². The fourth-order valence-electron chi connectivity index (χ4n) is 0.324. The van der Waals surface area contributed by atoms with E-state index in [1.807, 2.05) is 0 Å². The third kappa shape index (κ3) is 3.66. The van der Waals surface area contributed by atoms with E-state index in [2.05, 4.69) is 0 Å². The quantitative estimate of drug-likeness (QED) is 0.463. The van der Waals surface area contributed by atoms with Gasteiger partial charge in [0.05, 0.1) is 6.42 Å². The number of rotatable bonds is 3. The van der Waals surface area contributed by atoms with Gasteiger partial charge < -0.3 is 16.2 Å². The van der Waals surface area contributed by atoms with Crippen molar-refractivity contribution in [1.82, 2.24) is 0 Å². The Kier molecular flexibility index (Phi) is 2.87. The van der Waals surface area contributed by atoms with E-state index in [9.17, 15) is 4.79 Å². The van der Waals surface area contributed by atoms with Crippen LogP contribution in [0.1, 0.15) is 13.3 Å². The third-order valence-electron chi connectivity index (χ3n) is 0.891. The molecule has 0 saturated carbocycles. The van der Waals surface area contributed by atoms with Crippen LogP contribution in [0.3, 0.4) is 0 Å². The van der Waals surface area contributed by atoms with Crippen LogP contribution in [0.4, 0.5) is 0 Å². The van der Waals surface area contributed by atoms with Crippen molar-refractivity contribution >= 4 is 11.7 Å². The molecule has 0 fully saturated rings. The first-order chi connectivity index (χ1) is 4.04. The van der Waals surface area contributed by atoms with E-state index in [1.165, 1.54) is 0 Å². The van der Waals surface area contributed by atoms with Gasteiger partial charge in [-0.15, -0.1) is 0 Å². The molecule has 0 aliphatic carbocycles. The summed E-state index contributed by atoms with van der Waals surface area (Å²) in [6.07, 6.45) is -0.252. The van der Waals surface area contributed by atoms with Crippen molar-refractivity contribution < 1.29 is 9.90 Å². The highest BCUT2D eigenvalue weighted by Crippen LogP contribution is 1.87. The number of hydrogen-bond donors (Lipinski definition) is 3. The van der Waals surface area contributed by atoms with Crippen molar-refractivity contribution in [3.8, 4) is 0 Å². The highest BCUT2D eigenvalue weighted by atomic mass is 16.4. The number of hydrogen-bond acceptors (Lipinski definition) is 3. The maximum Gasteiger partial charge on any atom is 0.309 e. The van der Waals surface area contributed by atoms with Gasteiger partial charge in [0.15, 0.2) is 0 Å². The fraction of sp³-hybridized carbons (Fsp3) is 0.600. The van der Waals surface area contributed by atoms with E-state index in [-0.39, 0.29) is 12.1 Å². The van der Waals surface area contributed by atoms with Crippen LogP contribution in [0, 0.1) is 5.41 Å². The smallest absolute Gasteiger partial charge is 0.309 e. The SMILES string of the molecule is CC(N)C(=N)CC(=O)O. The lowest BCUT2D eigenvalue weighted by molar-refractivity contribution is -0.135. The minimum atomic E-state index is -1.00. The molecule has 1 atom stereocenters. The molecule has 0 amide bonds. The van der Waals surface area contributed by atoms with Gasteiger partial charge in [-0.3, -0.25) is 4.79 Å². The van der Waals surface area contributed by atoms with E-state index >= 15 is 0 Å². The molecule has 0 bridgehead atoms. The molecule has 0 rings (SSSR count). The second kappa shape index (κ2) is 3.19. The van der Waals surface area contributed by atoms with Crippen LogP contribution in [0.5, 0.6) is 0 Å². The van der Waals surface area contributed by atoms with Crippen LogP contribution < -0.4 is 5.73 Å². The first-order valence-electron chi connectivity index (χ1n) is 2.58. The molecule has 0 aliphatic heterocycles. The average Bonchev–Trinajstić information content (AvgIpc) is 1.63. The molecule has 4 nitrogen and oxygen atoms in total. The van der Waals surface area contributed by atoms with E-state index in [0.29, 0.717) is 0 Å². The molecule has 0 spiro atoms. The van der Waals surface area contributed by atoms with Crippen molar-refractivity contribution in [1.29, 1.82) is 5.41 Å². The number of nitrogens with two attached hydrogens (primary N) is 1. The molecule has 0 aliphatic rings. The average molecular weight is 130 g/mol. The Morgan fingerprint density at radius 3 is 2.44 bits per heavy atom. The van der Waals surface area contributed by atoms with E-state index in [4.69, 9.17) is 16.2 Å². The summed E-state index contributed by atoms with van der Waals surface area (Å²) in [5, 5.41) is 15.1. The zero-order valence-corrected chi connectivity index (χ0v) is 5.22. The van der Waals surface area contributed by atoms with Gasteiger partial charge in [0, 0.05) is 11.8 Å². The van der Waals surface area contributed by atoms with Gasteiger partial charge in [-0.25, -0.2) is 0 Å². The molecule has 0 aromatic rings. The molecule has 4 heteroatoms. The zero-order valence-electron chi connectivity index (χ0n) is 5.22. The molecule has 1 unspecified atom stereocenters. The minimum Gasteiger partial charge on any atom is -0.481 e. The summed E-state index contributed by atoms with van der Waals surface area (Å²) >= 11 is 0. The molecule has 0 saturated heterocycles. The van der Waals surface area contributed by atoms with Crippen LogP contribution >= 0.6 is 0 Å². The van der Waals surface area contributed by atoms with E-state index in [1.54, 1.807) is 6.92 Å². The monoisotopic (exact) mass is 130 g/mol. The van der Waals surface area contributed by atoms with Gasteiger partial charge in [-0.2, -0.15) is 0 Å². The summed E-state index contributed by atoms with van der Waals surface area (Å²) in [7, 11) is 0. The Hall–Kier alpha value is -0.900. The van der Waals surface area contributed by atoms with Crippen LogP contribution in [0.25, 0.3) is 0 Å². The van der Waals surface area contributed by atoms with Crippen LogP contribution in [0.2, 0.25) is 0 Å². The molecule has 4 N–H and O–H groups in total. The highest BCUT2D eigenvalue weighted by Gasteiger charge is 2.06. The highest BCUT2D eigenvalue weighted by molar-refractivity contribution is 5.99. The predicted octanol–water partition coefficient (Wildman–Crippen LogP) is -0.172. The Morgan fingerprint density at radius 1 is 1.89 bits per heavy atom. The number of carboxylic acid groups (broad SMARTS) is 1. The number of nitrogens with one attached hydrogen (secondary N) is 1. The fourth-order valence-corrected chi connectivity index (χ4v) is 0.324. The molecule has 0 aromatic heterocycles. The Bertz CT molecular complexity index is 131. The topological polar surface area (TPSA) is 87.2 Å². The molecule has 9 heavy (non-hydrogen) atoms. The lowest BCUT2D eigenvalue weighted by Gasteiger charge is -2.02. The van der Waals surface area contributed by atoms with Gasteiger partial charge in [0.25, 0.3) is 0 Å². The number of carbonyl (C=O) groups is 1. The molecule has 0 radical (unpaired) electrons. The molecule has 0 aromatic carbocycles. The Labute approximate surface area is 53.2 Å². The van der Waals surface area contributed by atoms with Gasteiger partial charge in [0.1, 0.15) is 0 Å². The lowest BCUT2D eigenvalue weighted by atomic mass is 10.1. The number of carboxylic acids is 1. The lowest BCUT2D eigenvalue weighted by Crippen LogP contribution is -2.27. The second-order valence-electron chi connectivity index (χ2n) is 1.88. The van der Waals surface area contributed by atoms with Gasteiger partial charge in [-0.1, -0.05) is 0 Å². The summed E-state index contributed by atoms with van der Waals surface area (Å²) < 4.78 is 0. The van der Waals surface area contributed by atoms with Crippen molar-refractivity contribution in [2.24, 2.45) is 5.73 Å². The largest absolute Gasteiger partial charge is 0.481 e.